The molecule has 0 aliphatic carbocycles. The van der Waals surface area contributed by atoms with Crippen molar-refractivity contribution in [2.45, 2.75) is 25.9 Å². The summed E-state index contributed by atoms with van der Waals surface area (Å²) in [5.74, 6) is 0. The molecule has 1 unspecified atom stereocenters. The summed E-state index contributed by atoms with van der Waals surface area (Å²) >= 11 is 0. The molecule has 1 aliphatic heterocycles. The van der Waals surface area contributed by atoms with Gasteiger partial charge >= 0.3 is 0 Å². The van der Waals surface area contributed by atoms with E-state index < -0.39 is 0 Å². The van der Waals surface area contributed by atoms with E-state index in [-0.39, 0.29) is 0 Å². The van der Waals surface area contributed by atoms with E-state index in [4.69, 9.17) is 4.74 Å². The Hall–Kier alpha value is -0.870. The van der Waals surface area contributed by atoms with Crippen molar-refractivity contribution >= 4 is 0 Å². The average Bonchev–Trinajstić information content (AvgIpc) is 2.85. The van der Waals surface area contributed by atoms with Crippen molar-refractivity contribution in [2.24, 2.45) is 0 Å². The van der Waals surface area contributed by atoms with Crippen molar-refractivity contribution in [3.63, 3.8) is 0 Å². The quantitative estimate of drug-likeness (QED) is 0.777. The standard InChI is InChI=1S/C10H17N3O/c1-2-11-5-9-6-12-13(7-9)10-3-4-14-8-10/h6-7,10-11H,2-5,8H2,1H3. The van der Waals surface area contributed by atoms with Crippen LogP contribution in [0.2, 0.25) is 0 Å². The first-order chi connectivity index (χ1) is 6.90. The molecule has 0 amide bonds. The lowest BCUT2D eigenvalue weighted by molar-refractivity contribution is 0.184. The fourth-order valence-electron chi connectivity index (χ4n) is 1.67. The summed E-state index contributed by atoms with van der Waals surface area (Å²) in [5.41, 5.74) is 1.25. The van der Waals surface area contributed by atoms with Gasteiger partial charge in [-0.3, -0.25) is 4.68 Å². The first-order valence-corrected chi connectivity index (χ1v) is 5.21. The zero-order valence-corrected chi connectivity index (χ0v) is 8.57. The molecule has 0 bridgehead atoms. The molecule has 0 saturated carbocycles. The van der Waals surface area contributed by atoms with Gasteiger partial charge in [-0.1, -0.05) is 6.92 Å². The Morgan fingerprint density at radius 2 is 2.64 bits per heavy atom. The first-order valence-electron chi connectivity index (χ1n) is 5.21. The molecule has 2 heterocycles. The number of hydrogen-bond donors (Lipinski definition) is 1. The fourth-order valence-corrected chi connectivity index (χ4v) is 1.67. The van der Waals surface area contributed by atoms with Gasteiger partial charge in [0, 0.05) is 24.9 Å². The molecule has 4 nitrogen and oxygen atoms in total. The Morgan fingerprint density at radius 1 is 1.71 bits per heavy atom. The van der Waals surface area contributed by atoms with E-state index in [1.807, 2.05) is 10.9 Å². The first kappa shape index (κ1) is 9.68. The van der Waals surface area contributed by atoms with Gasteiger partial charge in [0.15, 0.2) is 0 Å². The van der Waals surface area contributed by atoms with Gasteiger partial charge in [-0.25, -0.2) is 0 Å². The number of ether oxygens (including phenoxy) is 1. The predicted octanol–water partition coefficient (Wildman–Crippen LogP) is 0.954. The Morgan fingerprint density at radius 3 is 3.36 bits per heavy atom. The van der Waals surface area contributed by atoms with Crippen LogP contribution in [0, 0.1) is 0 Å². The van der Waals surface area contributed by atoms with E-state index >= 15 is 0 Å². The Balaban J connectivity index is 1.94. The lowest BCUT2D eigenvalue weighted by Gasteiger charge is -2.06. The normalized spacial score (nSPS) is 21.6. The number of aromatic nitrogens is 2. The number of nitrogens with zero attached hydrogens (tertiary/aromatic N) is 2. The second-order valence-corrected chi connectivity index (χ2v) is 3.63. The molecule has 14 heavy (non-hydrogen) atoms. The second-order valence-electron chi connectivity index (χ2n) is 3.63. The summed E-state index contributed by atoms with van der Waals surface area (Å²) < 4.78 is 7.35. The third-order valence-electron chi connectivity index (χ3n) is 2.51. The highest BCUT2D eigenvalue weighted by atomic mass is 16.5. The van der Waals surface area contributed by atoms with Crippen LogP contribution in [0.25, 0.3) is 0 Å². The van der Waals surface area contributed by atoms with Crippen LogP contribution >= 0.6 is 0 Å². The second kappa shape index (κ2) is 4.57. The Kier molecular flexibility index (Phi) is 3.16. The van der Waals surface area contributed by atoms with E-state index in [0.717, 1.165) is 32.7 Å². The molecule has 1 aliphatic rings. The summed E-state index contributed by atoms with van der Waals surface area (Å²) in [7, 11) is 0. The summed E-state index contributed by atoms with van der Waals surface area (Å²) in [6.07, 6.45) is 5.13. The maximum absolute atomic E-state index is 5.33. The van der Waals surface area contributed by atoms with E-state index in [9.17, 15) is 0 Å². The van der Waals surface area contributed by atoms with E-state index in [1.54, 1.807) is 0 Å². The van der Waals surface area contributed by atoms with Crippen LogP contribution in [0.15, 0.2) is 12.4 Å². The summed E-state index contributed by atoms with van der Waals surface area (Å²) in [5, 5.41) is 7.63. The molecule has 1 aromatic heterocycles. The van der Waals surface area contributed by atoms with E-state index in [0.29, 0.717) is 6.04 Å². The van der Waals surface area contributed by atoms with Crippen molar-refractivity contribution < 1.29 is 4.74 Å². The van der Waals surface area contributed by atoms with Crippen molar-refractivity contribution in [1.82, 2.24) is 15.1 Å². The third-order valence-corrected chi connectivity index (χ3v) is 2.51. The molecule has 1 saturated heterocycles. The highest BCUT2D eigenvalue weighted by Gasteiger charge is 2.17. The van der Waals surface area contributed by atoms with Crippen LogP contribution in [0.3, 0.4) is 0 Å². The van der Waals surface area contributed by atoms with Gasteiger partial charge < -0.3 is 10.1 Å². The number of nitrogens with one attached hydrogen (secondary N) is 1. The van der Waals surface area contributed by atoms with Gasteiger partial charge in [-0.15, -0.1) is 0 Å². The molecule has 2 rings (SSSR count). The van der Waals surface area contributed by atoms with Crippen molar-refractivity contribution in [3.05, 3.63) is 18.0 Å². The summed E-state index contributed by atoms with van der Waals surface area (Å²) in [4.78, 5) is 0. The lowest BCUT2D eigenvalue weighted by Crippen LogP contribution is -2.11. The van der Waals surface area contributed by atoms with Crippen molar-refractivity contribution in [3.8, 4) is 0 Å². The summed E-state index contributed by atoms with van der Waals surface area (Å²) in [6, 6.07) is 0.449. The zero-order chi connectivity index (χ0) is 9.80. The average molecular weight is 195 g/mol. The molecule has 1 aromatic rings. The van der Waals surface area contributed by atoms with Gasteiger partial charge in [0.05, 0.1) is 18.8 Å². The van der Waals surface area contributed by atoms with Crippen LogP contribution in [-0.4, -0.2) is 29.5 Å². The molecular weight excluding hydrogens is 178 g/mol. The lowest BCUT2D eigenvalue weighted by atomic mass is 10.3. The van der Waals surface area contributed by atoms with E-state index in [1.165, 1.54) is 5.56 Å². The predicted molar refractivity (Wildman–Crippen MR) is 54.1 cm³/mol. The molecule has 4 heteroatoms. The topological polar surface area (TPSA) is 39.1 Å². The SMILES string of the molecule is CCNCc1cnn(C2CCOC2)c1. The zero-order valence-electron chi connectivity index (χ0n) is 8.57. The Labute approximate surface area is 84.3 Å². The van der Waals surface area contributed by atoms with E-state index in [2.05, 4.69) is 23.5 Å². The minimum Gasteiger partial charge on any atom is -0.379 e. The minimum absolute atomic E-state index is 0.449. The maximum atomic E-state index is 5.33. The molecule has 0 radical (unpaired) electrons. The highest BCUT2D eigenvalue weighted by Crippen LogP contribution is 2.17. The van der Waals surface area contributed by atoms with Gasteiger partial charge in [0.25, 0.3) is 0 Å². The molecule has 1 N–H and O–H groups in total. The van der Waals surface area contributed by atoms with Crippen molar-refractivity contribution in [1.29, 1.82) is 0 Å². The molecule has 1 atom stereocenters. The molecule has 0 spiro atoms. The molecule has 1 fully saturated rings. The van der Waals surface area contributed by atoms with Gasteiger partial charge in [-0.2, -0.15) is 5.10 Å². The number of rotatable bonds is 4. The van der Waals surface area contributed by atoms with Gasteiger partial charge in [0.2, 0.25) is 0 Å². The van der Waals surface area contributed by atoms with Crippen LogP contribution < -0.4 is 5.32 Å². The van der Waals surface area contributed by atoms with Crippen molar-refractivity contribution in [2.75, 3.05) is 19.8 Å². The van der Waals surface area contributed by atoms with Gasteiger partial charge in [-0.05, 0) is 13.0 Å². The summed E-state index contributed by atoms with van der Waals surface area (Å²) in [6.45, 7) is 5.69. The third kappa shape index (κ3) is 2.13. The Bertz CT molecular complexity index is 279. The van der Waals surface area contributed by atoms with Crippen LogP contribution in [0.4, 0.5) is 0 Å². The highest BCUT2D eigenvalue weighted by molar-refractivity contribution is 5.04. The maximum Gasteiger partial charge on any atom is 0.0774 e. The monoisotopic (exact) mass is 195 g/mol. The van der Waals surface area contributed by atoms with Crippen LogP contribution in [-0.2, 0) is 11.3 Å². The minimum atomic E-state index is 0.449. The van der Waals surface area contributed by atoms with Crippen LogP contribution in [0.1, 0.15) is 24.9 Å². The fraction of sp³-hybridized carbons (Fsp3) is 0.700. The molecule has 0 aromatic carbocycles. The van der Waals surface area contributed by atoms with Gasteiger partial charge in [0.1, 0.15) is 0 Å². The smallest absolute Gasteiger partial charge is 0.0774 e. The van der Waals surface area contributed by atoms with Crippen LogP contribution in [0.5, 0.6) is 0 Å². The molecular formula is C10H17N3O. The molecule has 78 valence electrons. The largest absolute Gasteiger partial charge is 0.379 e. The number of hydrogen-bond acceptors (Lipinski definition) is 3.